The van der Waals surface area contributed by atoms with Gasteiger partial charge >= 0.3 is 0 Å². The molecule has 0 bridgehead atoms. The summed E-state index contributed by atoms with van der Waals surface area (Å²) >= 11 is 0. The third-order valence-electron chi connectivity index (χ3n) is 5.18. The van der Waals surface area contributed by atoms with E-state index in [0.29, 0.717) is 11.5 Å². The summed E-state index contributed by atoms with van der Waals surface area (Å²) in [4.78, 5) is 0. The first-order valence-electron chi connectivity index (χ1n) is 6.88. The van der Waals surface area contributed by atoms with Crippen molar-refractivity contribution in [2.75, 3.05) is 6.54 Å². The van der Waals surface area contributed by atoms with Gasteiger partial charge in [0.2, 0.25) is 0 Å². The van der Waals surface area contributed by atoms with Crippen LogP contribution in [-0.2, 0) is 0 Å². The van der Waals surface area contributed by atoms with Gasteiger partial charge in [0, 0.05) is 18.0 Å². The zero-order valence-corrected chi connectivity index (χ0v) is 11.1. The number of hydrogen-bond donors (Lipinski definition) is 2. The zero-order valence-electron chi connectivity index (χ0n) is 11.1. The lowest BCUT2D eigenvalue weighted by Gasteiger charge is -2.40. The maximum atomic E-state index is 10.1. The van der Waals surface area contributed by atoms with Gasteiger partial charge in [-0.2, -0.15) is 0 Å². The van der Waals surface area contributed by atoms with Crippen LogP contribution in [0.3, 0.4) is 0 Å². The highest BCUT2D eigenvalue weighted by Crippen LogP contribution is 2.48. The van der Waals surface area contributed by atoms with Crippen LogP contribution in [0.4, 0.5) is 0 Å². The Bertz CT molecular complexity index is 249. The van der Waals surface area contributed by atoms with Crippen LogP contribution in [0.25, 0.3) is 0 Å². The van der Waals surface area contributed by atoms with Crippen LogP contribution in [0.1, 0.15) is 59.3 Å². The second kappa shape index (κ2) is 4.30. The SMILES string of the molecule is CC(NCC1(C)CCCCC1O)C1(C)CC1. The van der Waals surface area contributed by atoms with Gasteiger partial charge in [-0.3, -0.25) is 0 Å². The Hall–Kier alpha value is -0.0800. The van der Waals surface area contributed by atoms with E-state index in [1.54, 1.807) is 0 Å². The van der Waals surface area contributed by atoms with Gasteiger partial charge in [0.1, 0.15) is 0 Å². The van der Waals surface area contributed by atoms with E-state index in [1.807, 2.05) is 0 Å². The predicted octanol–water partition coefficient (Wildman–Crippen LogP) is 2.71. The molecule has 2 aliphatic carbocycles. The van der Waals surface area contributed by atoms with E-state index in [4.69, 9.17) is 0 Å². The molecule has 0 radical (unpaired) electrons. The largest absolute Gasteiger partial charge is 0.393 e. The second-order valence-corrected chi connectivity index (χ2v) is 6.67. The molecule has 2 N–H and O–H groups in total. The van der Waals surface area contributed by atoms with Gasteiger partial charge in [-0.1, -0.05) is 26.7 Å². The monoisotopic (exact) mass is 225 g/mol. The fourth-order valence-corrected chi connectivity index (χ4v) is 2.85. The molecule has 2 heteroatoms. The highest BCUT2D eigenvalue weighted by atomic mass is 16.3. The molecular formula is C14H27NO. The summed E-state index contributed by atoms with van der Waals surface area (Å²) in [5, 5.41) is 13.8. The van der Waals surface area contributed by atoms with E-state index in [9.17, 15) is 5.11 Å². The minimum Gasteiger partial charge on any atom is -0.393 e. The fraction of sp³-hybridized carbons (Fsp3) is 1.00. The molecule has 3 atom stereocenters. The van der Waals surface area contributed by atoms with Gasteiger partial charge in [-0.15, -0.1) is 0 Å². The van der Waals surface area contributed by atoms with E-state index in [-0.39, 0.29) is 11.5 Å². The third-order valence-corrected chi connectivity index (χ3v) is 5.18. The number of hydrogen-bond acceptors (Lipinski definition) is 2. The van der Waals surface area contributed by atoms with E-state index < -0.39 is 0 Å². The standard InChI is InChI=1S/C14H27NO/c1-11(13(2)8-9-13)15-10-14(3)7-5-4-6-12(14)16/h11-12,15-16H,4-10H2,1-3H3. The molecule has 94 valence electrons. The molecule has 16 heavy (non-hydrogen) atoms. The summed E-state index contributed by atoms with van der Waals surface area (Å²) in [5.74, 6) is 0. The van der Waals surface area contributed by atoms with Gasteiger partial charge in [0.05, 0.1) is 6.10 Å². The Labute approximate surface area is 99.8 Å². The first kappa shape index (κ1) is 12.4. The summed E-state index contributed by atoms with van der Waals surface area (Å²) in [6.07, 6.45) is 7.26. The molecule has 0 saturated heterocycles. The van der Waals surface area contributed by atoms with E-state index in [0.717, 1.165) is 13.0 Å². The van der Waals surface area contributed by atoms with Crippen LogP contribution in [0.15, 0.2) is 0 Å². The lowest BCUT2D eigenvalue weighted by molar-refractivity contribution is -0.00119. The first-order chi connectivity index (χ1) is 7.46. The number of nitrogens with one attached hydrogen (secondary N) is 1. The molecule has 0 heterocycles. The summed E-state index contributed by atoms with van der Waals surface area (Å²) in [6, 6.07) is 0.596. The normalized spacial score (nSPS) is 39.4. The Balaban J connectivity index is 1.83. The zero-order chi connectivity index (χ0) is 11.8. The van der Waals surface area contributed by atoms with Crippen molar-refractivity contribution in [3.05, 3.63) is 0 Å². The lowest BCUT2D eigenvalue weighted by atomic mass is 9.73. The van der Waals surface area contributed by atoms with Crippen molar-refractivity contribution in [1.82, 2.24) is 5.32 Å². The van der Waals surface area contributed by atoms with Crippen molar-refractivity contribution in [3.63, 3.8) is 0 Å². The maximum Gasteiger partial charge on any atom is 0.0605 e. The van der Waals surface area contributed by atoms with Crippen molar-refractivity contribution in [1.29, 1.82) is 0 Å². The van der Waals surface area contributed by atoms with Gasteiger partial charge in [-0.25, -0.2) is 0 Å². The minimum absolute atomic E-state index is 0.104. The van der Waals surface area contributed by atoms with Crippen LogP contribution < -0.4 is 5.32 Å². The molecule has 3 unspecified atom stereocenters. The summed E-state index contributed by atoms with van der Waals surface area (Å²) in [6.45, 7) is 7.88. The maximum absolute atomic E-state index is 10.1. The van der Waals surface area contributed by atoms with Gasteiger partial charge in [-0.05, 0) is 38.0 Å². The summed E-state index contributed by atoms with van der Waals surface area (Å²) < 4.78 is 0. The Morgan fingerprint density at radius 1 is 1.25 bits per heavy atom. The molecule has 2 saturated carbocycles. The molecular weight excluding hydrogens is 198 g/mol. The number of rotatable bonds is 4. The first-order valence-corrected chi connectivity index (χ1v) is 6.88. The summed E-state index contributed by atoms with van der Waals surface area (Å²) in [5.41, 5.74) is 0.647. The smallest absolute Gasteiger partial charge is 0.0605 e. The van der Waals surface area contributed by atoms with Crippen LogP contribution in [0.5, 0.6) is 0 Å². The van der Waals surface area contributed by atoms with Crippen molar-refractivity contribution in [2.45, 2.75) is 71.4 Å². The van der Waals surface area contributed by atoms with E-state index in [2.05, 4.69) is 26.1 Å². The Morgan fingerprint density at radius 3 is 2.50 bits per heavy atom. The van der Waals surface area contributed by atoms with Crippen LogP contribution in [0, 0.1) is 10.8 Å². The van der Waals surface area contributed by atoms with Crippen LogP contribution in [0.2, 0.25) is 0 Å². The average molecular weight is 225 g/mol. The molecule has 2 rings (SSSR count). The molecule has 0 amide bonds. The molecule has 2 aliphatic rings. The second-order valence-electron chi connectivity index (χ2n) is 6.67. The molecule has 0 aromatic heterocycles. The van der Waals surface area contributed by atoms with Gasteiger partial charge < -0.3 is 10.4 Å². The molecule has 0 spiro atoms. The third kappa shape index (κ3) is 2.43. The molecule has 0 aromatic carbocycles. The molecule has 0 aromatic rings. The van der Waals surface area contributed by atoms with Crippen LogP contribution >= 0.6 is 0 Å². The van der Waals surface area contributed by atoms with Crippen molar-refractivity contribution in [2.24, 2.45) is 10.8 Å². The number of aliphatic hydroxyl groups excluding tert-OH is 1. The fourth-order valence-electron chi connectivity index (χ4n) is 2.85. The van der Waals surface area contributed by atoms with E-state index in [1.165, 1.54) is 32.1 Å². The highest BCUT2D eigenvalue weighted by Gasteiger charge is 2.43. The van der Waals surface area contributed by atoms with Gasteiger partial charge in [0.25, 0.3) is 0 Å². The average Bonchev–Trinajstić information content (AvgIpc) is 2.99. The molecule has 2 nitrogen and oxygen atoms in total. The number of aliphatic hydroxyl groups is 1. The lowest BCUT2D eigenvalue weighted by Crippen LogP contribution is -2.47. The quantitative estimate of drug-likeness (QED) is 0.771. The summed E-state index contributed by atoms with van der Waals surface area (Å²) in [7, 11) is 0. The Kier molecular flexibility index (Phi) is 3.33. The van der Waals surface area contributed by atoms with Gasteiger partial charge in [0.15, 0.2) is 0 Å². The predicted molar refractivity (Wildman–Crippen MR) is 67.4 cm³/mol. The van der Waals surface area contributed by atoms with E-state index >= 15 is 0 Å². The van der Waals surface area contributed by atoms with Crippen molar-refractivity contribution >= 4 is 0 Å². The Morgan fingerprint density at radius 2 is 1.94 bits per heavy atom. The highest BCUT2D eigenvalue weighted by molar-refractivity contribution is 4.98. The molecule has 2 fully saturated rings. The van der Waals surface area contributed by atoms with Crippen molar-refractivity contribution in [3.8, 4) is 0 Å². The minimum atomic E-state index is -0.104. The van der Waals surface area contributed by atoms with Crippen molar-refractivity contribution < 1.29 is 5.11 Å². The topological polar surface area (TPSA) is 32.3 Å². The van der Waals surface area contributed by atoms with Crippen LogP contribution in [-0.4, -0.2) is 23.8 Å². The molecule has 0 aliphatic heterocycles.